The number of para-hydroxylation sites is 4. The van der Waals surface area contributed by atoms with Crippen LogP contribution in [-0.4, -0.2) is 18.3 Å². The summed E-state index contributed by atoms with van der Waals surface area (Å²) in [6.45, 7) is 9.64. The van der Waals surface area contributed by atoms with Gasteiger partial charge in [0, 0.05) is 76.4 Å². The molecule has 0 saturated heterocycles. The van der Waals surface area contributed by atoms with Crippen molar-refractivity contribution in [3.8, 4) is 78.4 Å². The minimum absolute atomic E-state index is 0.174. The summed E-state index contributed by atoms with van der Waals surface area (Å²) in [5, 5.41) is 19.8. The molecule has 0 radical (unpaired) electrons. The fraction of sp³-hybridized carbons (Fsp3) is 0.0566. The molecule has 4 nitrogen and oxygen atoms in total. The molecule has 0 aliphatic heterocycles. The van der Waals surface area contributed by atoms with Crippen molar-refractivity contribution in [3.05, 3.63) is 374 Å². The van der Waals surface area contributed by atoms with Gasteiger partial charge in [-0.2, -0.15) is 0 Å². The number of hydrogen-bond acceptors (Lipinski definition) is 0. The molecule has 0 bridgehead atoms. The number of fused-ring (bicyclic) bond motifs is 23. The summed E-state index contributed by atoms with van der Waals surface area (Å²) in [7, 11) is 0. The first kappa shape index (κ1) is 61.4. The summed E-state index contributed by atoms with van der Waals surface area (Å²) in [4.78, 5) is 0. The molecule has 2 aliphatic rings. The van der Waals surface area contributed by atoms with E-state index in [1.165, 1.54) is 208 Å². The van der Waals surface area contributed by atoms with Gasteiger partial charge >= 0.3 is 0 Å². The molecule has 0 amide bonds. The smallest absolute Gasteiger partial charge is 0.0561 e. The van der Waals surface area contributed by atoms with Crippen molar-refractivity contribution in [2.45, 2.75) is 38.5 Å². The summed E-state index contributed by atoms with van der Waals surface area (Å²) in [5.41, 5.74) is 31.3. The van der Waals surface area contributed by atoms with E-state index in [0.717, 1.165) is 22.7 Å². The van der Waals surface area contributed by atoms with Gasteiger partial charge in [0.15, 0.2) is 0 Å². The molecule has 0 fully saturated rings. The molecule has 0 spiro atoms. The third-order valence-electron chi connectivity index (χ3n) is 25.5. The molecule has 0 atom stereocenters. The maximum Gasteiger partial charge on any atom is 0.0561 e. The fourth-order valence-corrected chi connectivity index (χ4v) is 20.2. The van der Waals surface area contributed by atoms with Crippen LogP contribution in [0.25, 0.3) is 209 Å². The number of nitrogens with zero attached hydrogens (tertiary/aromatic N) is 4. The monoisotopic (exact) mass is 1400 g/mol. The van der Waals surface area contributed by atoms with Gasteiger partial charge in [-0.3, -0.25) is 0 Å². The van der Waals surface area contributed by atoms with E-state index in [0.29, 0.717) is 0 Å². The lowest BCUT2D eigenvalue weighted by Crippen LogP contribution is -2.15. The van der Waals surface area contributed by atoms with Crippen LogP contribution in [0.5, 0.6) is 0 Å². The van der Waals surface area contributed by atoms with E-state index >= 15 is 0 Å². The van der Waals surface area contributed by atoms with E-state index in [2.05, 4.69) is 398 Å². The Kier molecular flexibility index (Phi) is 12.5. The van der Waals surface area contributed by atoms with E-state index in [4.69, 9.17) is 0 Å². The van der Waals surface area contributed by atoms with Gasteiger partial charge in [0.05, 0.1) is 55.5 Å². The Morgan fingerprint density at radius 1 is 0.182 bits per heavy atom. The summed E-state index contributed by atoms with van der Waals surface area (Å²) in [6.07, 6.45) is 0. The average molecular weight is 1400 g/mol. The van der Waals surface area contributed by atoms with Crippen LogP contribution in [0, 0.1) is 0 Å². The highest BCUT2D eigenvalue weighted by Gasteiger charge is 2.39. The molecule has 22 aromatic rings. The van der Waals surface area contributed by atoms with Crippen molar-refractivity contribution in [3.63, 3.8) is 0 Å². The summed E-state index contributed by atoms with van der Waals surface area (Å²) in [6, 6.07) is 134. The fourth-order valence-electron chi connectivity index (χ4n) is 20.2. The molecule has 0 unspecified atom stereocenters. The molecule has 4 heteroatoms. The topological polar surface area (TPSA) is 19.7 Å². The van der Waals surface area contributed by atoms with Crippen LogP contribution in [0.15, 0.2) is 352 Å². The zero-order chi connectivity index (χ0) is 72.6. The first-order chi connectivity index (χ1) is 54.0. The second kappa shape index (κ2) is 22.4. The highest BCUT2D eigenvalue weighted by molar-refractivity contribution is 6.22. The molecule has 110 heavy (non-hydrogen) atoms. The van der Waals surface area contributed by atoms with Crippen LogP contribution >= 0.6 is 0 Å². The van der Waals surface area contributed by atoms with Gasteiger partial charge in [-0.05, 0) is 231 Å². The van der Waals surface area contributed by atoms with Gasteiger partial charge in [-0.15, -0.1) is 0 Å². The van der Waals surface area contributed by atoms with Crippen LogP contribution in [0.3, 0.4) is 0 Å². The van der Waals surface area contributed by atoms with E-state index in [1.54, 1.807) is 0 Å². The van der Waals surface area contributed by atoms with Gasteiger partial charge in [0.2, 0.25) is 0 Å². The van der Waals surface area contributed by atoms with Gasteiger partial charge in [0.25, 0.3) is 0 Å². The second-order valence-electron chi connectivity index (χ2n) is 31.9. The molecule has 0 N–H and O–H groups in total. The van der Waals surface area contributed by atoms with E-state index < -0.39 is 0 Å². The van der Waals surface area contributed by atoms with Crippen molar-refractivity contribution < 1.29 is 0 Å². The van der Waals surface area contributed by atoms with E-state index in [1.807, 2.05) is 0 Å². The first-order valence-electron chi connectivity index (χ1n) is 38.6. The standard InChI is InChI=1S/C106H70N4/c1-105(2)90-32-16-11-27-78(90)85-59-88-81-30-14-19-35-96(81)110(103(88)61-92(85)105)101-58-75(45-47-76(101)71-41-37-63-21-5-7-24-66(63)51-71)108-94-33-17-12-28-79(94)87-55-70-40-39-68(53-73(70)56-100(87)108)69-43-48-91-84(54-69)86-60-89-80-29-13-18-34-95(80)109(102(89)62-93(86)106(91,3)4)98-50-46-74(57-83(98)72-42-38-64-22-6-8-25-67(64)52-72)107-97-36-20-15-31-82(97)104-77-26-10-9-23-65(77)44-49-99(104)107/h5-62H,1-4H3. The molecule has 514 valence electrons. The Balaban J connectivity index is 0.659. The van der Waals surface area contributed by atoms with Crippen molar-refractivity contribution in [1.29, 1.82) is 0 Å². The molecule has 4 aromatic heterocycles. The lowest BCUT2D eigenvalue weighted by Gasteiger charge is -2.22. The van der Waals surface area contributed by atoms with Crippen LogP contribution in [0.4, 0.5) is 0 Å². The van der Waals surface area contributed by atoms with Crippen LogP contribution in [-0.2, 0) is 10.8 Å². The Morgan fingerprint density at radius 3 is 1.28 bits per heavy atom. The lowest BCUT2D eigenvalue weighted by atomic mass is 9.82. The first-order valence-corrected chi connectivity index (χ1v) is 38.6. The normalized spacial score (nSPS) is 13.6. The van der Waals surface area contributed by atoms with E-state index in [-0.39, 0.29) is 10.8 Å². The van der Waals surface area contributed by atoms with Crippen LogP contribution < -0.4 is 0 Å². The number of benzene rings is 18. The molecule has 24 rings (SSSR count). The minimum atomic E-state index is -0.286. The molecular formula is C106H70N4. The molecule has 4 heterocycles. The summed E-state index contributed by atoms with van der Waals surface area (Å²) >= 11 is 0. The lowest BCUT2D eigenvalue weighted by molar-refractivity contribution is 0.661. The van der Waals surface area contributed by atoms with Crippen LogP contribution in [0.2, 0.25) is 0 Å². The summed E-state index contributed by atoms with van der Waals surface area (Å²) < 4.78 is 10.1. The Labute approximate surface area is 635 Å². The number of hydrogen-bond donors (Lipinski definition) is 0. The molecule has 2 aliphatic carbocycles. The maximum atomic E-state index is 2.57. The highest BCUT2D eigenvalue weighted by Crippen LogP contribution is 2.55. The minimum Gasteiger partial charge on any atom is -0.309 e. The van der Waals surface area contributed by atoms with Gasteiger partial charge in [-0.25, -0.2) is 0 Å². The van der Waals surface area contributed by atoms with Crippen molar-refractivity contribution >= 4 is 130 Å². The average Bonchev–Trinajstić information content (AvgIpc) is 1.55. The Morgan fingerprint density at radius 2 is 0.609 bits per heavy atom. The van der Waals surface area contributed by atoms with Crippen molar-refractivity contribution in [2.75, 3.05) is 0 Å². The predicted molar refractivity (Wildman–Crippen MR) is 465 cm³/mol. The molecule has 0 saturated carbocycles. The maximum absolute atomic E-state index is 2.57. The Bertz CT molecular complexity index is 7850. The highest BCUT2D eigenvalue weighted by atomic mass is 15.0. The SMILES string of the molecule is CC1(C)c2ccc(-c3ccc4cc5c6ccccc6n(-c6ccc(-c7ccc8ccccc8c7)c(-n7c8ccccc8c8cc9c(cc87)C(C)(C)c7ccccc7-9)c6)c5cc4c3)cc2-c2cc3c4ccccc4n(-c4ccc(-n5c6ccccc6c6c7ccccc7ccc65)cc4-c4ccc5ccccc5c4)c3cc21. The van der Waals surface area contributed by atoms with Crippen molar-refractivity contribution in [2.24, 2.45) is 0 Å². The number of rotatable bonds is 7. The zero-order valence-electron chi connectivity index (χ0n) is 61.3. The molecular weight excluding hydrogens is 1330 g/mol. The van der Waals surface area contributed by atoms with Gasteiger partial charge in [0.1, 0.15) is 0 Å². The second-order valence-corrected chi connectivity index (χ2v) is 31.9. The largest absolute Gasteiger partial charge is 0.309 e. The third kappa shape index (κ3) is 8.56. The third-order valence-corrected chi connectivity index (χ3v) is 25.5. The van der Waals surface area contributed by atoms with Crippen LogP contribution in [0.1, 0.15) is 49.9 Å². The number of aromatic nitrogens is 4. The summed E-state index contributed by atoms with van der Waals surface area (Å²) in [5.74, 6) is 0. The zero-order valence-corrected chi connectivity index (χ0v) is 61.3. The predicted octanol–water partition coefficient (Wildman–Crippen LogP) is 28.3. The Hall–Kier alpha value is -13.8. The van der Waals surface area contributed by atoms with Crippen molar-refractivity contribution in [1.82, 2.24) is 18.3 Å². The van der Waals surface area contributed by atoms with Gasteiger partial charge in [-0.1, -0.05) is 258 Å². The molecule has 18 aromatic carbocycles. The van der Waals surface area contributed by atoms with Gasteiger partial charge < -0.3 is 18.3 Å². The quantitative estimate of drug-likeness (QED) is 0.152. The van der Waals surface area contributed by atoms with E-state index in [9.17, 15) is 0 Å².